The van der Waals surface area contributed by atoms with Gasteiger partial charge >= 0.3 is 0 Å². The van der Waals surface area contributed by atoms with E-state index in [0.29, 0.717) is 5.57 Å². The Morgan fingerprint density at radius 3 is 2.86 bits per heavy atom. The first kappa shape index (κ1) is 11.3. The van der Waals surface area contributed by atoms with Gasteiger partial charge in [0.15, 0.2) is 0 Å². The molecule has 1 unspecified atom stereocenters. The van der Waals surface area contributed by atoms with Crippen LogP contribution in [0.5, 0.6) is 0 Å². The predicted molar refractivity (Wildman–Crippen MR) is 59.0 cm³/mol. The van der Waals surface area contributed by atoms with Crippen LogP contribution < -0.4 is 0 Å². The molecule has 2 heteroatoms. The van der Waals surface area contributed by atoms with Crippen molar-refractivity contribution in [2.45, 2.75) is 39.5 Å². The summed E-state index contributed by atoms with van der Waals surface area (Å²) in [6.45, 7) is 9.58. The molecule has 0 radical (unpaired) electrons. The van der Waals surface area contributed by atoms with Crippen LogP contribution in [0.2, 0.25) is 0 Å². The second-order valence-electron chi connectivity index (χ2n) is 4.33. The lowest BCUT2D eigenvalue weighted by atomic mass is 9.93. The number of carbonyl (C=O) groups is 1. The summed E-state index contributed by atoms with van der Waals surface area (Å²) in [6, 6.07) is 0. The number of rotatable bonds is 3. The third-order valence-electron chi connectivity index (χ3n) is 2.87. The highest BCUT2D eigenvalue weighted by atomic mass is 16.2. The van der Waals surface area contributed by atoms with E-state index in [0.717, 1.165) is 25.4 Å². The third-order valence-corrected chi connectivity index (χ3v) is 2.87. The molecular formula is C12H21NO. The molecule has 0 bridgehead atoms. The van der Waals surface area contributed by atoms with Crippen LogP contribution in [0.1, 0.15) is 39.5 Å². The van der Waals surface area contributed by atoms with Crippen molar-refractivity contribution in [2.75, 3.05) is 13.1 Å². The maximum Gasteiger partial charge on any atom is 0.248 e. The van der Waals surface area contributed by atoms with Crippen molar-refractivity contribution in [3.8, 4) is 0 Å². The third kappa shape index (κ3) is 2.86. The number of hydrogen-bond acceptors (Lipinski definition) is 1. The largest absolute Gasteiger partial charge is 0.339 e. The molecule has 0 saturated carbocycles. The second kappa shape index (κ2) is 5.18. The molecule has 1 fully saturated rings. The molecule has 0 spiro atoms. The molecule has 0 aromatic heterocycles. The summed E-state index contributed by atoms with van der Waals surface area (Å²) in [7, 11) is 0. The summed E-state index contributed by atoms with van der Waals surface area (Å²) in [6.07, 6.45) is 4.91. The minimum absolute atomic E-state index is 0.144. The zero-order valence-corrected chi connectivity index (χ0v) is 9.38. The van der Waals surface area contributed by atoms with E-state index < -0.39 is 0 Å². The average Bonchev–Trinajstić information content (AvgIpc) is 2.17. The van der Waals surface area contributed by atoms with Crippen LogP contribution in [0.25, 0.3) is 0 Å². The lowest BCUT2D eigenvalue weighted by Gasteiger charge is -2.32. The molecule has 2 nitrogen and oxygen atoms in total. The van der Waals surface area contributed by atoms with Crippen LogP contribution in [0.4, 0.5) is 0 Å². The predicted octanol–water partition coefficient (Wildman–Crippen LogP) is 2.60. The van der Waals surface area contributed by atoms with Crippen LogP contribution in [0.3, 0.4) is 0 Å². The monoisotopic (exact) mass is 195 g/mol. The van der Waals surface area contributed by atoms with Gasteiger partial charge in [-0.05, 0) is 32.1 Å². The molecule has 14 heavy (non-hydrogen) atoms. The van der Waals surface area contributed by atoms with E-state index in [1.165, 1.54) is 19.3 Å². The van der Waals surface area contributed by atoms with Crippen LogP contribution in [0, 0.1) is 5.92 Å². The Bertz CT molecular complexity index is 220. The molecule has 80 valence electrons. The lowest BCUT2D eigenvalue weighted by Crippen LogP contribution is -2.40. The van der Waals surface area contributed by atoms with Crippen molar-refractivity contribution in [2.24, 2.45) is 5.92 Å². The summed E-state index contributed by atoms with van der Waals surface area (Å²) in [5, 5.41) is 0. The molecule has 0 aromatic carbocycles. The van der Waals surface area contributed by atoms with Gasteiger partial charge in [0.1, 0.15) is 0 Å². The van der Waals surface area contributed by atoms with Gasteiger partial charge in [0.25, 0.3) is 0 Å². The molecule has 1 aliphatic heterocycles. The number of likely N-dealkylation sites (tertiary alicyclic amines) is 1. The van der Waals surface area contributed by atoms with Gasteiger partial charge in [0.2, 0.25) is 5.91 Å². The number of hydrogen-bond donors (Lipinski definition) is 0. The summed E-state index contributed by atoms with van der Waals surface area (Å²) >= 11 is 0. The smallest absolute Gasteiger partial charge is 0.248 e. The van der Waals surface area contributed by atoms with Gasteiger partial charge in [-0.2, -0.15) is 0 Å². The SMILES string of the molecule is C=C(C)C(=O)N1CCCC(CCC)C1. The van der Waals surface area contributed by atoms with Crippen molar-refractivity contribution >= 4 is 5.91 Å². The normalized spacial score (nSPS) is 22.1. The Balaban J connectivity index is 2.47. The fraction of sp³-hybridized carbons (Fsp3) is 0.750. The lowest BCUT2D eigenvalue weighted by molar-refractivity contribution is -0.128. The minimum atomic E-state index is 0.144. The highest BCUT2D eigenvalue weighted by Crippen LogP contribution is 2.21. The molecule has 1 saturated heterocycles. The summed E-state index contributed by atoms with van der Waals surface area (Å²) < 4.78 is 0. The van der Waals surface area contributed by atoms with E-state index in [1.54, 1.807) is 6.92 Å². The van der Waals surface area contributed by atoms with E-state index >= 15 is 0 Å². The van der Waals surface area contributed by atoms with Crippen molar-refractivity contribution in [3.63, 3.8) is 0 Å². The molecular weight excluding hydrogens is 174 g/mol. The van der Waals surface area contributed by atoms with Crippen molar-refractivity contribution in [1.29, 1.82) is 0 Å². The van der Waals surface area contributed by atoms with Crippen molar-refractivity contribution in [1.82, 2.24) is 4.90 Å². The first-order valence-electron chi connectivity index (χ1n) is 5.60. The maximum absolute atomic E-state index is 11.7. The van der Waals surface area contributed by atoms with Crippen molar-refractivity contribution in [3.05, 3.63) is 12.2 Å². The van der Waals surface area contributed by atoms with E-state index in [2.05, 4.69) is 13.5 Å². The molecule has 1 atom stereocenters. The van der Waals surface area contributed by atoms with E-state index in [9.17, 15) is 4.79 Å². The van der Waals surface area contributed by atoms with Crippen molar-refractivity contribution < 1.29 is 4.79 Å². The molecule has 1 rings (SSSR count). The molecule has 0 aromatic rings. The molecule has 0 N–H and O–H groups in total. The Labute approximate surface area is 87.0 Å². The van der Waals surface area contributed by atoms with Gasteiger partial charge in [-0.15, -0.1) is 0 Å². The Morgan fingerprint density at radius 1 is 1.57 bits per heavy atom. The zero-order chi connectivity index (χ0) is 10.6. The number of nitrogens with zero attached hydrogens (tertiary/aromatic N) is 1. The standard InChI is InChI=1S/C12H21NO/c1-4-6-11-7-5-8-13(9-11)12(14)10(2)3/h11H,2,4-9H2,1,3H3. The first-order chi connectivity index (χ1) is 6.65. The number of piperidine rings is 1. The molecule has 1 heterocycles. The van der Waals surface area contributed by atoms with Crippen LogP contribution >= 0.6 is 0 Å². The Kier molecular flexibility index (Phi) is 4.18. The minimum Gasteiger partial charge on any atom is -0.339 e. The van der Waals surface area contributed by atoms with Gasteiger partial charge in [-0.3, -0.25) is 4.79 Å². The van der Waals surface area contributed by atoms with Crippen LogP contribution in [0.15, 0.2) is 12.2 Å². The van der Waals surface area contributed by atoms with Crippen LogP contribution in [-0.2, 0) is 4.79 Å². The Morgan fingerprint density at radius 2 is 2.29 bits per heavy atom. The summed E-state index contributed by atoms with van der Waals surface area (Å²) in [5.41, 5.74) is 0.669. The Hall–Kier alpha value is -0.790. The van der Waals surface area contributed by atoms with Crippen LogP contribution in [-0.4, -0.2) is 23.9 Å². The van der Waals surface area contributed by atoms with E-state index in [1.807, 2.05) is 4.90 Å². The first-order valence-corrected chi connectivity index (χ1v) is 5.60. The highest BCUT2D eigenvalue weighted by Gasteiger charge is 2.22. The average molecular weight is 195 g/mol. The fourth-order valence-electron chi connectivity index (χ4n) is 2.16. The van der Waals surface area contributed by atoms with E-state index in [-0.39, 0.29) is 5.91 Å². The zero-order valence-electron chi connectivity index (χ0n) is 9.38. The summed E-state index contributed by atoms with van der Waals surface area (Å²) in [5.74, 6) is 0.864. The topological polar surface area (TPSA) is 20.3 Å². The van der Waals surface area contributed by atoms with E-state index in [4.69, 9.17) is 0 Å². The van der Waals surface area contributed by atoms with Gasteiger partial charge < -0.3 is 4.90 Å². The number of carbonyl (C=O) groups excluding carboxylic acids is 1. The quantitative estimate of drug-likeness (QED) is 0.634. The van der Waals surface area contributed by atoms with Gasteiger partial charge in [0, 0.05) is 18.7 Å². The highest BCUT2D eigenvalue weighted by molar-refractivity contribution is 5.92. The molecule has 1 amide bonds. The maximum atomic E-state index is 11.7. The van der Waals surface area contributed by atoms with Gasteiger partial charge in [-0.25, -0.2) is 0 Å². The van der Waals surface area contributed by atoms with Gasteiger partial charge in [-0.1, -0.05) is 19.9 Å². The summed E-state index contributed by atoms with van der Waals surface area (Å²) in [4.78, 5) is 13.6. The second-order valence-corrected chi connectivity index (χ2v) is 4.33. The molecule has 0 aliphatic carbocycles. The number of amides is 1. The fourth-order valence-corrected chi connectivity index (χ4v) is 2.16. The molecule has 1 aliphatic rings. The van der Waals surface area contributed by atoms with Gasteiger partial charge in [0.05, 0.1) is 0 Å².